The zero-order chi connectivity index (χ0) is 34.2. The second-order valence-corrected chi connectivity index (χ2v) is 13.4. The number of benzene rings is 8. The van der Waals surface area contributed by atoms with Gasteiger partial charge in [0.1, 0.15) is 11.2 Å². The number of aromatic nitrogens is 3. The molecule has 0 amide bonds. The van der Waals surface area contributed by atoms with Crippen molar-refractivity contribution in [2.24, 2.45) is 0 Å². The van der Waals surface area contributed by atoms with Crippen LogP contribution in [0.3, 0.4) is 0 Å². The second-order valence-electron chi connectivity index (χ2n) is 13.4. The Morgan fingerprint density at radius 2 is 1.12 bits per heavy atom. The molecule has 0 radical (unpaired) electrons. The number of hydrogen-bond acceptors (Lipinski definition) is 3. The summed E-state index contributed by atoms with van der Waals surface area (Å²) in [7, 11) is 0. The first-order valence-electron chi connectivity index (χ1n) is 17.6. The van der Waals surface area contributed by atoms with Crippen molar-refractivity contribution in [3.63, 3.8) is 0 Å². The van der Waals surface area contributed by atoms with Crippen LogP contribution in [0.25, 0.3) is 105 Å². The fourth-order valence-corrected chi connectivity index (χ4v) is 7.95. The molecule has 52 heavy (non-hydrogen) atoms. The SMILES string of the molecule is c1ccc(-n2c3ccccc3c3c4oc5c(-c6ccc(-c7nc(-c8ccc9ccccc9c8)c8ccccc8n7)cc6)cccc5c4ccc32)cc1. The van der Waals surface area contributed by atoms with Crippen molar-refractivity contribution in [3.8, 4) is 39.5 Å². The van der Waals surface area contributed by atoms with Gasteiger partial charge in [-0.05, 0) is 58.8 Å². The van der Waals surface area contributed by atoms with Crippen LogP contribution in [0.5, 0.6) is 0 Å². The van der Waals surface area contributed by atoms with Crippen LogP contribution in [-0.4, -0.2) is 14.5 Å². The zero-order valence-electron chi connectivity index (χ0n) is 28.0. The Labute approximate surface area is 298 Å². The van der Waals surface area contributed by atoms with Crippen LogP contribution in [0.4, 0.5) is 0 Å². The van der Waals surface area contributed by atoms with Gasteiger partial charge in [0, 0.05) is 43.9 Å². The lowest BCUT2D eigenvalue weighted by atomic mass is 10.00. The third-order valence-corrected chi connectivity index (χ3v) is 10.4. The molecule has 0 N–H and O–H groups in total. The molecule has 11 aromatic rings. The first kappa shape index (κ1) is 28.8. The molecule has 0 saturated carbocycles. The van der Waals surface area contributed by atoms with Crippen LogP contribution in [0.15, 0.2) is 180 Å². The fraction of sp³-hybridized carbons (Fsp3) is 0. The molecule has 0 saturated heterocycles. The van der Waals surface area contributed by atoms with Crippen LogP contribution < -0.4 is 0 Å². The highest BCUT2D eigenvalue weighted by molar-refractivity contribution is 6.24. The highest BCUT2D eigenvalue weighted by atomic mass is 16.3. The van der Waals surface area contributed by atoms with Gasteiger partial charge in [0.15, 0.2) is 5.82 Å². The molecule has 11 rings (SSSR count). The van der Waals surface area contributed by atoms with Crippen LogP contribution in [0.2, 0.25) is 0 Å². The minimum absolute atomic E-state index is 0.701. The van der Waals surface area contributed by atoms with Crippen LogP contribution in [0.1, 0.15) is 0 Å². The summed E-state index contributed by atoms with van der Waals surface area (Å²) < 4.78 is 9.26. The summed E-state index contributed by atoms with van der Waals surface area (Å²) in [5.74, 6) is 0.701. The van der Waals surface area contributed by atoms with Gasteiger partial charge >= 0.3 is 0 Å². The minimum atomic E-state index is 0.701. The summed E-state index contributed by atoms with van der Waals surface area (Å²) in [6.07, 6.45) is 0. The average Bonchev–Trinajstić information content (AvgIpc) is 3.77. The standard InChI is InChI=1S/C48H29N3O/c1-2-13-35(14-3-1)51-42-20-9-7-16-40(42)44-43(51)28-27-38-37-18-10-17-36(46(37)52-47(38)44)31-22-24-32(25-23-31)48-49-41-19-8-6-15-39(41)45(50-48)34-26-21-30-11-4-5-12-33(30)29-34/h1-29H. The average molecular weight is 664 g/mol. The number of rotatable bonds is 4. The van der Waals surface area contributed by atoms with Gasteiger partial charge in [-0.2, -0.15) is 0 Å². The summed E-state index contributed by atoms with van der Waals surface area (Å²) in [6.45, 7) is 0. The van der Waals surface area contributed by atoms with Crippen LogP contribution >= 0.6 is 0 Å². The molecule has 0 aliphatic carbocycles. The van der Waals surface area contributed by atoms with Gasteiger partial charge in [-0.1, -0.05) is 133 Å². The van der Waals surface area contributed by atoms with E-state index in [1.165, 1.54) is 16.2 Å². The smallest absolute Gasteiger partial charge is 0.160 e. The summed E-state index contributed by atoms with van der Waals surface area (Å²) in [4.78, 5) is 10.2. The third-order valence-electron chi connectivity index (χ3n) is 10.4. The lowest BCUT2D eigenvalue weighted by Gasteiger charge is -2.11. The molecule has 4 nitrogen and oxygen atoms in total. The topological polar surface area (TPSA) is 43.9 Å². The number of para-hydroxylation sites is 4. The summed E-state index contributed by atoms with van der Waals surface area (Å²) in [6, 6.07) is 61.8. The van der Waals surface area contributed by atoms with Crippen molar-refractivity contribution in [2.75, 3.05) is 0 Å². The Morgan fingerprint density at radius 3 is 2.00 bits per heavy atom. The molecule has 0 fully saturated rings. The molecular weight excluding hydrogens is 635 g/mol. The summed E-state index contributed by atoms with van der Waals surface area (Å²) in [5, 5.41) is 7.96. The van der Waals surface area contributed by atoms with Gasteiger partial charge in [-0.25, -0.2) is 9.97 Å². The van der Waals surface area contributed by atoms with E-state index in [9.17, 15) is 0 Å². The van der Waals surface area contributed by atoms with E-state index in [1.54, 1.807) is 0 Å². The first-order valence-corrected chi connectivity index (χ1v) is 17.6. The highest BCUT2D eigenvalue weighted by Crippen LogP contribution is 2.43. The van der Waals surface area contributed by atoms with Gasteiger partial charge in [-0.3, -0.25) is 0 Å². The molecular formula is C48H29N3O. The molecule has 0 aliphatic heterocycles. The quantitative estimate of drug-likeness (QED) is 0.188. The third kappa shape index (κ3) is 4.34. The maximum atomic E-state index is 6.93. The normalized spacial score (nSPS) is 11.8. The maximum absolute atomic E-state index is 6.93. The maximum Gasteiger partial charge on any atom is 0.160 e. The summed E-state index contributed by atoms with van der Waals surface area (Å²) in [5.41, 5.74) is 11.2. The van der Waals surface area contributed by atoms with Gasteiger partial charge in [-0.15, -0.1) is 0 Å². The number of fused-ring (bicyclic) bond motifs is 9. The molecule has 4 heteroatoms. The molecule has 3 heterocycles. The molecule has 0 spiro atoms. The lowest BCUT2D eigenvalue weighted by Crippen LogP contribution is -1.95. The lowest BCUT2D eigenvalue weighted by molar-refractivity contribution is 0.674. The molecule has 0 aliphatic rings. The molecule has 0 bridgehead atoms. The van der Waals surface area contributed by atoms with Gasteiger partial charge < -0.3 is 8.98 Å². The fourth-order valence-electron chi connectivity index (χ4n) is 7.95. The Morgan fingerprint density at radius 1 is 0.423 bits per heavy atom. The van der Waals surface area contributed by atoms with E-state index in [1.807, 2.05) is 6.07 Å². The Kier molecular flexibility index (Phi) is 6.22. The van der Waals surface area contributed by atoms with Gasteiger partial charge in [0.25, 0.3) is 0 Å². The number of hydrogen-bond donors (Lipinski definition) is 0. The van der Waals surface area contributed by atoms with E-state index in [-0.39, 0.29) is 0 Å². The highest BCUT2D eigenvalue weighted by Gasteiger charge is 2.20. The number of nitrogens with zero attached hydrogens (tertiary/aromatic N) is 3. The van der Waals surface area contributed by atoms with E-state index in [0.29, 0.717) is 5.82 Å². The van der Waals surface area contributed by atoms with Crippen LogP contribution in [0, 0.1) is 0 Å². The first-order chi connectivity index (χ1) is 25.8. The largest absolute Gasteiger partial charge is 0.455 e. The van der Waals surface area contributed by atoms with E-state index < -0.39 is 0 Å². The predicted octanol–water partition coefficient (Wildman–Crippen LogP) is 12.8. The van der Waals surface area contributed by atoms with E-state index >= 15 is 0 Å². The molecule has 8 aromatic carbocycles. The van der Waals surface area contributed by atoms with Crippen molar-refractivity contribution in [1.82, 2.24) is 14.5 Å². The Bertz CT molecular complexity index is 3170. The van der Waals surface area contributed by atoms with Gasteiger partial charge in [0.05, 0.1) is 27.6 Å². The van der Waals surface area contributed by atoms with E-state index in [0.717, 1.165) is 82.9 Å². The van der Waals surface area contributed by atoms with Crippen molar-refractivity contribution in [1.29, 1.82) is 0 Å². The van der Waals surface area contributed by atoms with Crippen molar-refractivity contribution < 1.29 is 4.42 Å². The molecule has 3 aromatic heterocycles. The molecule has 0 atom stereocenters. The monoisotopic (exact) mass is 663 g/mol. The van der Waals surface area contributed by atoms with Crippen molar-refractivity contribution >= 4 is 65.4 Å². The van der Waals surface area contributed by atoms with Crippen molar-refractivity contribution in [2.45, 2.75) is 0 Å². The predicted molar refractivity (Wildman–Crippen MR) is 215 cm³/mol. The molecule has 242 valence electrons. The van der Waals surface area contributed by atoms with Gasteiger partial charge in [0.2, 0.25) is 0 Å². The number of furan rings is 1. The van der Waals surface area contributed by atoms with Crippen LogP contribution in [-0.2, 0) is 0 Å². The van der Waals surface area contributed by atoms with E-state index in [4.69, 9.17) is 14.4 Å². The minimum Gasteiger partial charge on any atom is -0.455 e. The second kappa shape index (κ2) is 11.2. The zero-order valence-corrected chi connectivity index (χ0v) is 28.0. The van der Waals surface area contributed by atoms with Crippen molar-refractivity contribution in [3.05, 3.63) is 176 Å². The Balaban J connectivity index is 1.05. The summed E-state index contributed by atoms with van der Waals surface area (Å²) >= 11 is 0. The molecule has 0 unspecified atom stereocenters. The Hall–Kier alpha value is -7.04. The van der Waals surface area contributed by atoms with E-state index in [2.05, 4.69) is 174 Å².